The van der Waals surface area contributed by atoms with E-state index >= 15 is 0 Å². The molecule has 0 saturated carbocycles. The first kappa shape index (κ1) is 20.6. The summed E-state index contributed by atoms with van der Waals surface area (Å²) < 4.78 is 5.81. The van der Waals surface area contributed by atoms with Gasteiger partial charge in [0.2, 0.25) is 11.8 Å². The normalized spacial score (nSPS) is 16.6. The molecule has 2 aliphatic heterocycles. The monoisotopic (exact) mass is 432 g/mol. The molecule has 5 rings (SSSR count). The molecular weight excluding hydrogens is 404 g/mol. The quantitative estimate of drug-likeness (QED) is 0.575. The number of unbranched alkanes of at least 4 members (excludes halogenated alkanes) is 1. The molecule has 0 aromatic carbocycles. The number of nitrogens with one attached hydrogen (secondary N) is 1. The van der Waals surface area contributed by atoms with Gasteiger partial charge >= 0.3 is 0 Å². The van der Waals surface area contributed by atoms with Crippen LogP contribution in [0.25, 0.3) is 10.9 Å². The van der Waals surface area contributed by atoms with Gasteiger partial charge in [0.15, 0.2) is 0 Å². The number of carbonyl (C=O) groups is 1. The fraction of sp³-hybridized carbons (Fsp3) is 0.417. The lowest BCUT2D eigenvalue weighted by Gasteiger charge is -2.36. The highest BCUT2D eigenvalue weighted by Crippen LogP contribution is 2.25. The minimum absolute atomic E-state index is 0.0234. The second-order valence-electron chi connectivity index (χ2n) is 8.32. The molecule has 0 radical (unpaired) electrons. The molecule has 3 aromatic heterocycles. The number of amides is 1. The van der Waals surface area contributed by atoms with Crippen LogP contribution in [-0.4, -0.2) is 65.1 Å². The minimum Gasteiger partial charge on any atom is -0.478 e. The van der Waals surface area contributed by atoms with E-state index in [0.29, 0.717) is 24.7 Å². The number of fused-ring (bicyclic) bond motifs is 2. The summed E-state index contributed by atoms with van der Waals surface area (Å²) in [4.78, 5) is 29.8. The standard InChI is InChI=1S/C24H28N6O2/c31-21-7-5-18-6-8-22(28-24(18)27-21)32-15-2-1-10-29-11-13-30(14-12-29)20-17-25-16-19-4-3-9-26-23(19)20/h3-4,6,8-9,16-17H,1-2,5,7,10-15H2,(H,27,28,31). The van der Waals surface area contributed by atoms with Crippen LogP contribution in [0.15, 0.2) is 42.9 Å². The lowest BCUT2D eigenvalue weighted by atomic mass is 10.1. The molecule has 166 valence electrons. The molecule has 1 saturated heterocycles. The molecule has 32 heavy (non-hydrogen) atoms. The third-order valence-corrected chi connectivity index (χ3v) is 6.16. The zero-order valence-electron chi connectivity index (χ0n) is 18.2. The van der Waals surface area contributed by atoms with Gasteiger partial charge in [0.05, 0.1) is 24.0 Å². The molecule has 5 heterocycles. The smallest absolute Gasteiger partial charge is 0.225 e. The summed E-state index contributed by atoms with van der Waals surface area (Å²) in [6.07, 6.45) is 8.98. The second kappa shape index (κ2) is 9.48. The van der Waals surface area contributed by atoms with Crippen LogP contribution in [0.5, 0.6) is 5.88 Å². The highest BCUT2D eigenvalue weighted by Gasteiger charge is 2.19. The van der Waals surface area contributed by atoms with Crippen molar-refractivity contribution in [3.05, 3.63) is 48.4 Å². The Morgan fingerprint density at radius 3 is 2.84 bits per heavy atom. The molecule has 0 spiro atoms. The van der Waals surface area contributed by atoms with Crippen molar-refractivity contribution in [3.63, 3.8) is 0 Å². The average Bonchev–Trinajstić information content (AvgIpc) is 2.83. The first-order valence-electron chi connectivity index (χ1n) is 11.3. The van der Waals surface area contributed by atoms with Crippen LogP contribution >= 0.6 is 0 Å². The van der Waals surface area contributed by atoms with Crippen LogP contribution in [0.1, 0.15) is 24.8 Å². The van der Waals surface area contributed by atoms with Gasteiger partial charge in [-0.1, -0.05) is 0 Å². The Labute approximate surface area is 187 Å². The molecule has 2 aliphatic rings. The van der Waals surface area contributed by atoms with Gasteiger partial charge in [-0.05, 0) is 49.6 Å². The Balaban J connectivity index is 1.04. The number of ether oxygens (including phenoxy) is 1. The van der Waals surface area contributed by atoms with E-state index in [9.17, 15) is 4.79 Å². The molecule has 1 fully saturated rings. The zero-order chi connectivity index (χ0) is 21.8. The Morgan fingerprint density at radius 1 is 1.03 bits per heavy atom. The Morgan fingerprint density at radius 2 is 1.94 bits per heavy atom. The molecule has 1 N–H and O–H groups in total. The Hall–Kier alpha value is -3.26. The summed E-state index contributed by atoms with van der Waals surface area (Å²) in [5.41, 5.74) is 3.24. The predicted molar refractivity (Wildman–Crippen MR) is 124 cm³/mol. The van der Waals surface area contributed by atoms with Crippen LogP contribution < -0.4 is 15.0 Å². The molecule has 0 aliphatic carbocycles. The molecule has 0 atom stereocenters. The number of piperazine rings is 1. The fourth-order valence-corrected chi connectivity index (χ4v) is 4.35. The summed E-state index contributed by atoms with van der Waals surface area (Å²) in [7, 11) is 0. The minimum atomic E-state index is 0.0234. The lowest BCUT2D eigenvalue weighted by molar-refractivity contribution is -0.116. The number of hydrogen-bond donors (Lipinski definition) is 1. The number of anilines is 2. The summed E-state index contributed by atoms with van der Waals surface area (Å²) >= 11 is 0. The van der Waals surface area contributed by atoms with Crippen molar-refractivity contribution in [2.24, 2.45) is 0 Å². The maximum absolute atomic E-state index is 11.5. The molecule has 0 unspecified atom stereocenters. The van der Waals surface area contributed by atoms with E-state index in [1.165, 1.54) is 0 Å². The van der Waals surface area contributed by atoms with E-state index in [4.69, 9.17) is 4.74 Å². The lowest BCUT2D eigenvalue weighted by Crippen LogP contribution is -2.46. The van der Waals surface area contributed by atoms with Crippen LogP contribution in [0.4, 0.5) is 11.5 Å². The number of carbonyl (C=O) groups excluding carboxylic acids is 1. The summed E-state index contributed by atoms with van der Waals surface area (Å²) in [5, 5.41) is 3.91. The van der Waals surface area contributed by atoms with Crippen molar-refractivity contribution in [1.82, 2.24) is 19.9 Å². The number of aromatic nitrogens is 3. The van der Waals surface area contributed by atoms with Crippen LogP contribution in [0.3, 0.4) is 0 Å². The van der Waals surface area contributed by atoms with Crippen molar-refractivity contribution in [3.8, 4) is 5.88 Å². The molecule has 8 heteroatoms. The Bertz CT molecular complexity index is 1090. The van der Waals surface area contributed by atoms with Gasteiger partial charge in [0.1, 0.15) is 5.82 Å². The van der Waals surface area contributed by atoms with Crippen molar-refractivity contribution in [2.45, 2.75) is 25.7 Å². The van der Waals surface area contributed by atoms with E-state index in [1.54, 1.807) is 0 Å². The first-order valence-corrected chi connectivity index (χ1v) is 11.3. The second-order valence-corrected chi connectivity index (χ2v) is 8.32. The molecule has 0 bridgehead atoms. The van der Waals surface area contributed by atoms with Crippen LogP contribution in [0, 0.1) is 0 Å². The largest absolute Gasteiger partial charge is 0.478 e. The topological polar surface area (TPSA) is 83.5 Å². The summed E-state index contributed by atoms with van der Waals surface area (Å²) in [5.74, 6) is 1.25. The van der Waals surface area contributed by atoms with Gasteiger partial charge < -0.3 is 15.0 Å². The zero-order valence-corrected chi connectivity index (χ0v) is 18.2. The van der Waals surface area contributed by atoms with E-state index < -0.39 is 0 Å². The number of hydrogen-bond acceptors (Lipinski definition) is 7. The van der Waals surface area contributed by atoms with E-state index in [1.807, 2.05) is 36.8 Å². The predicted octanol–water partition coefficient (Wildman–Crippen LogP) is 2.89. The third kappa shape index (κ3) is 4.65. The number of rotatable bonds is 7. The molecule has 8 nitrogen and oxygen atoms in total. The summed E-state index contributed by atoms with van der Waals surface area (Å²) in [6, 6.07) is 7.91. The van der Waals surface area contributed by atoms with E-state index in [0.717, 1.165) is 74.1 Å². The number of aryl methyl sites for hydroxylation is 1. The first-order chi connectivity index (χ1) is 15.8. The highest BCUT2D eigenvalue weighted by atomic mass is 16.5. The summed E-state index contributed by atoms with van der Waals surface area (Å²) in [6.45, 7) is 5.74. The van der Waals surface area contributed by atoms with Gasteiger partial charge in [-0.3, -0.25) is 19.7 Å². The molecule has 1 amide bonds. The van der Waals surface area contributed by atoms with Crippen LogP contribution in [0.2, 0.25) is 0 Å². The van der Waals surface area contributed by atoms with Crippen molar-refractivity contribution in [2.75, 3.05) is 49.5 Å². The number of pyridine rings is 3. The van der Waals surface area contributed by atoms with Gasteiger partial charge in [-0.2, -0.15) is 4.98 Å². The van der Waals surface area contributed by atoms with Gasteiger partial charge in [-0.15, -0.1) is 0 Å². The van der Waals surface area contributed by atoms with Crippen molar-refractivity contribution >= 4 is 28.3 Å². The van der Waals surface area contributed by atoms with Gasteiger partial charge in [0.25, 0.3) is 0 Å². The molecule has 3 aromatic rings. The molecular formula is C24H28N6O2. The van der Waals surface area contributed by atoms with Crippen LogP contribution in [-0.2, 0) is 11.2 Å². The van der Waals surface area contributed by atoms with E-state index in [2.05, 4.69) is 36.1 Å². The highest BCUT2D eigenvalue weighted by molar-refractivity contribution is 5.92. The van der Waals surface area contributed by atoms with Gasteiger partial charge in [0, 0.05) is 56.4 Å². The maximum atomic E-state index is 11.5. The maximum Gasteiger partial charge on any atom is 0.225 e. The van der Waals surface area contributed by atoms with Crippen molar-refractivity contribution < 1.29 is 9.53 Å². The average molecular weight is 433 g/mol. The van der Waals surface area contributed by atoms with Crippen molar-refractivity contribution in [1.29, 1.82) is 0 Å². The van der Waals surface area contributed by atoms with E-state index in [-0.39, 0.29) is 5.91 Å². The Kier molecular flexibility index (Phi) is 6.11. The number of nitrogens with zero attached hydrogens (tertiary/aromatic N) is 5. The SMILES string of the molecule is O=C1CCc2ccc(OCCCCN3CCN(c4cncc5cccnc45)CC3)nc2N1. The fourth-order valence-electron chi connectivity index (χ4n) is 4.35. The third-order valence-electron chi connectivity index (χ3n) is 6.16. The van der Waals surface area contributed by atoms with Gasteiger partial charge in [-0.25, -0.2) is 0 Å².